The molecule has 8 nitrogen and oxygen atoms in total. The molecular formula is C35H32F3N3O5S. The Kier molecular flexibility index (Phi) is 11.7. The Balaban J connectivity index is 1.54. The van der Waals surface area contributed by atoms with Crippen molar-refractivity contribution in [3.8, 4) is 11.5 Å². The van der Waals surface area contributed by atoms with Gasteiger partial charge in [0, 0.05) is 27.4 Å². The molecule has 0 aliphatic carbocycles. The third kappa shape index (κ3) is 9.63. The number of carbonyl (C=O) groups excluding carboxylic acids is 3. The van der Waals surface area contributed by atoms with Crippen molar-refractivity contribution in [1.29, 1.82) is 0 Å². The number of nitrogens with one attached hydrogen (secondary N) is 3. The van der Waals surface area contributed by atoms with Crippen LogP contribution < -0.4 is 25.4 Å². The smallest absolute Gasteiger partial charge is 0.416 e. The maximum atomic E-state index is 13.6. The number of methoxy groups -OCH3 is 2. The molecule has 12 heteroatoms. The highest BCUT2D eigenvalue weighted by atomic mass is 32.2. The lowest BCUT2D eigenvalue weighted by atomic mass is 10.1. The lowest BCUT2D eigenvalue weighted by Crippen LogP contribution is -2.30. The molecule has 244 valence electrons. The molecule has 0 radical (unpaired) electrons. The number of benzene rings is 4. The molecule has 1 atom stereocenters. The van der Waals surface area contributed by atoms with Gasteiger partial charge in [0.2, 0.25) is 5.91 Å². The van der Waals surface area contributed by atoms with E-state index in [1.807, 2.05) is 0 Å². The van der Waals surface area contributed by atoms with Crippen LogP contribution in [-0.2, 0) is 15.8 Å². The van der Waals surface area contributed by atoms with Gasteiger partial charge in [0.05, 0.1) is 25.0 Å². The Morgan fingerprint density at radius 1 is 0.830 bits per heavy atom. The topological polar surface area (TPSA) is 106 Å². The number of anilines is 2. The number of carbonyl (C=O) groups is 3. The van der Waals surface area contributed by atoms with Gasteiger partial charge in [0.15, 0.2) is 0 Å². The maximum absolute atomic E-state index is 13.6. The summed E-state index contributed by atoms with van der Waals surface area (Å²) in [5, 5.41) is 7.40. The molecule has 0 bridgehead atoms. The van der Waals surface area contributed by atoms with Gasteiger partial charge in [-0.1, -0.05) is 37.3 Å². The summed E-state index contributed by atoms with van der Waals surface area (Å²) >= 11 is 1.19. The summed E-state index contributed by atoms with van der Waals surface area (Å²) in [6.07, 6.45) is -2.68. The second-order valence-electron chi connectivity index (χ2n) is 10.1. The van der Waals surface area contributed by atoms with Crippen molar-refractivity contribution >= 4 is 46.9 Å². The van der Waals surface area contributed by atoms with Crippen molar-refractivity contribution in [3.05, 3.63) is 119 Å². The zero-order valence-corrected chi connectivity index (χ0v) is 26.5. The first-order chi connectivity index (χ1) is 22.5. The van der Waals surface area contributed by atoms with Crippen LogP contribution in [0.25, 0.3) is 6.08 Å². The number of thioether (sulfide) groups is 1. The molecule has 4 rings (SSSR count). The number of rotatable bonds is 12. The molecule has 0 aromatic heterocycles. The fourth-order valence-electron chi connectivity index (χ4n) is 4.38. The number of alkyl halides is 3. The third-order valence-corrected chi connectivity index (χ3v) is 8.11. The van der Waals surface area contributed by atoms with E-state index in [0.29, 0.717) is 39.6 Å². The average molecular weight is 664 g/mol. The predicted molar refractivity (Wildman–Crippen MR) is 177 cm³/mol. The Labute approximate surface area is 274 Å². The first-order valence-electron chi connectivity index (χ1n) is 14.4. The average Bonchev–Trinajstić information content (AvgIpc) is 3.07. The Bertz CT molecular complexity index is 1760. The second kappa shape index (κ2) is 15.9. The van der Waals surface area contributed by atoms with Gasteiger partial charge in [-0.05, 0) is 79.2 Å². The van der Waals surface area contributed by atoms with Gasteiger partial charge in [0.25, 0.3) is 11.8 Å². The minimum atomic E-state index is -4.54. The summed E-state index contributed by atoms with van der Waals surface area (Å²) in [5.74, 6) is -0.644. The molecule has 3 amide bonds. The van der Waals surface area contributed by atoms with Crippen LogP contribution in [0.4, 0.5) is 24.5 Å². The van der Waals surface area contributed by atoms with E-state index in [4.69, 9.17) is 9.47 Å². The number of hydrogen-bond acceptors (Lipinski definition) is 6. The van der Waals surface area contributed by atoms with E-state index in [1.54, 1.807) is 79.7 Å². The Morgan fingerprint density at radius 3 is 2.19 bits per heavy atom. The van der Waals surface area contributed by atoms with Crippen molar-refractivity contribution in [2.75, 3.05) is 24.9 Å². The fraction of sp³-hybridized carbons (Fsp3) is 0.171. The van der Waals surface area contributed by atoms with Crippen molar-refractivity contribution < 1.29 is 37.0 Å². The molecule has 0 heterocycles. The minimum absolute atomic E-state index is 0.0365. The van der Waals surface area contributed by atoms with Crippen LogP contribution in [-0.4, -0.2) is 37.2 Å². The molecule has 0 saturated heterocycles. The van der Waals surface area contributed by atoms with E-state index in [1.165, 1.54) is 44.2 Å². The van der Waals surface area contributed by atoms with E-state index in [2.05, 4.69) is 16.0 Å². The second-order valence-corrected chi connectivity index (χ2v) is 11.3. The lowest BCUT2D eigenvalue weighted by molar-refractivity contribution is -0.137. The molecule has 0 aliphatic heterocycles. The molecule has 4 aromatic carbocycles. The molecule has 1 unspecified atom stereocenters. The first-order valence-corrected chi connectivity index (χ1v) is 15.2. The Hall–Kier alpha value is -5.23. The summed E-state index contributed by atoms with van der Waals surface area (Å²) in [6.45, 7) is 1.79. The van der Waals surface area contributed by atoms with Gasteiger partial charge in [0.1, 0.15) is 17.2 Å². The summed E-state index contributed by atoms with van der Waals surface area (Å²) in [5.41, 5.74) is 0.302. The summed E-state index contributed by atoms with van der Waals surface area (Å²) < 4.78 is 50.1. The van der Waals surface area contributed by atoms with Crippen LogP contribution >= 0.6 is 11.8 Å². The Morgan fingerprint density at radius 2 is 1.53 bits per heavy atom. The molecule has 0 fully saturated rings. The van der Waals surface area contributed by atoms with E-state index in [0.717, 1.165) is 12.1 Å². The van der Waals surface area contributed by atoms with Gasteiger partial charge in [-0.15, -0.1) is 11.8 Å². The van der Waals surface area contributed by atoms with Crippen LogP contribution in [0.1, 0.15) is 34.8 Å². The SMILES string of the molecule is CCC(Sc1cccc(NC(=O)/C(=C\c2cc(OC)ccc2OC)NC(=O)c2ccccc2)c1)C(=O)Nc1cccc(C(F)(F)F)c1. The predicted octanol–water partition coefficient (Wildman–Crippen LogP) is 7.64. The quantitative estimate of drug-likeness (QED) is 0.106. The molecule has 4 aromatic rings. The van der Waals surface area contributed by atoms with E-state index < -0.39 is 34.7 Å². The van der Waals surface area contributed by atoms with Gasteiger partial charge in [-0.3, -0.25) is 14.4 Å². The van der Waals surface area contributed by atoms with Crippen LogP contribution in [0.15, 0.2) is 108 Å². The first kappa shape index (κ1) is 34.6. The lowest BCUT2D eigenvalue weighted by Gasteiger charge is -2.17. The van der Waals surface area contributed by atoms with E-state index >= 15 is 0 Å². The van der Waals surface area contributed by atoms with Gasteiger partial charge in [-0.25, -0.2) is 0 Å². The summed E-state index contributed by atoms with van der Waals surface area (Å²) in [4.78, 5) is 40.3. The van der Waals surface area contributed by atoms with Crippen molar-refractivity contribution in [2.24, 2.45) is 0 Å². The summed E-state index contributed by atoms with van der Waals surface area (Å²) in [7, 11) is 2.98. The number of ether oxygens (including phenoxy) is 2. The number of amides is 3. The van der Waals surface area contributed by atoms with Crippen LogP contribution in [0, 0.1) is 0 Å². The monoisotopic (exact) mass is 663 g/mol. The maximum Gasteiger partial charge on any atom is 0.416 e. The molecular weight excluding hydrogens is 631 g/mol. The highest BCUT2D eigenvalue weighted by Gasteiger charge is 2.30. The largest absolute Gasteiger partial charge is 0.497 e. The van der Waals surface area contributed by atoms with E-state index in [9.17, 15) is 27.6 Å². The highest BCUT2D eigenvalue weighted by molar-refractivity contribution is 8.00. The van der Waals surface area contributed by atoms with Gasteiger partial charge in [-0.2, -0.15) is 13.2 Å². The van der Waals surface area contributed by atoms with Crippen molar-refractivity contribution in [1.82, 2.24) is 5.32 Å². The third-order valence-electron chi connectivity index (χ3n) is 6.76. The zero-order chi connectivity index (χ0) is 34.0. The van der Waals surface area contributed by atoms with E-state index in [-0.39, 0.29) is 11.4 Å². The van der Waals surface area contributed by atoms with Crippen LogP contribution in [0.5, 0.6) is 11.5 Å². The normalized spacial score (nSPS) is 12.1. The van der Waals surface area contributed by atoms with Crippen LogP contribution in [0.3, 0.4) is 0 Å². The molecule has 0 saturated carbocycles. The number of halogens is 3. The number of hydrogen-bond donors (Lipinski definition) is 3. The van der Waals surface area contributed by atoms with Crippen LogP contribution in [0.2, 0.25) is 0 Å². The fourth-order valence-corrected chi connectivity index (χ4v) is 5.39. The van der Waals surface area contributed by atoms with Crippen molar-refractivity contribution in [3.63, 3.8) is 0 Å². The van der Waals surface area contributed by atoms with Crippen molar-refractivity contribution in [2.45, 2.75) is 29.7 Å². The van der Waals surface area contributed by atoms with Gasteiger partial charge < -0.3 is 25.4 Å². The molecule has 0 aliphatic rings. The molecule has 3 N–H and O–H groups in total. The molecule has 47 heavy (non-hydrogen) atoms. The zero-order valence-electron chi connectivity index (χ0n) is 25.7. The minimum Gasteiger partial charge on any atom is -0.497 e. The van der Waals surface area contributed by atoms with Gasteiger partial charge >= 0.3 is 6.18 Å². The molecule has 0 spiro atoms. The standard InChI is InChI=1S/C35H32F3N3O5S/c1-4-31(34(44)40-25-13-8-12-24(20-25)35(36,37)38)47-28-15-9-14-26(21-28)39-33(43)29(41-32(42)22-10-6-5-7-11-22)19-23-18-27(45-2)16-17-30(23)46-3/h5-21,31H,4H2,1-3H3,(H,39,43)(H,40,44)(H,41,42)/b29-19+. The summed E-state index contributed by atoms with van der Waals surface area (Å²) in [6, 6.07) is 24.6. The highest BCUT2D eigenvalue weighted by Crippen LogP contribution is 2.32.